The maximum Gasteiger partial charge on any atom is 0.409 e. The predicted octanol–water partition coefficient (Wildman–Crippen LogP) is 4.71. The van der Waals surface area contributed by atoms with E-state index in [1.807, 2.05) is 0 Å². The quantitative estimate of drug-likeness (QED) is 0.451. The lowest BCUT2D eigenvalue weighted by Gasteiger charge is -1.91. The first-order valence-electron chi connectivity index (χ1n) is 4.68. The molecule has 80 valence electrons. The number of hydrogen-bond acceptors (Lipinski definition) is 0. The zero-order valence-corrected chi connectivity index (χ0v) is 8.45. The Bertz CT molecular complexity index is 101. The number of halogens is 3. The van der Waals surface area contributed by atoms with E-state index in [4.69, 9.17) is 0 Å². The van der Waals surface area contributed by atoms with Crippen molar-refractivity contribution in [3.8, 4) is 0 Å². The van der Waals surface area contributed by atoms with Crippen LogP contribution in [0.25, 0.3) is 0 Å². The van der Waals surface area contributed by atoms with Gasteiger partial charge in [-0.15, -0.1) is 0 Å². The second-order valence-corrected chi connectivity index (χ2v) is 2.81. The van der Waals surface area contributed by atoms with Crippen molar-refractivity contribution in [3.05, 3.63) is 12.7 Å². The van der Waals surface area contributed by atoms with E-state index >= 15 is 0 Å². The summed E-state index contributed by atoms with van der Waals surface area (Å²) in [6, 6.07) is 0. The van der Waals surface area contributed by atoms with Crippen molar-refractivity contribution in [2.45, 2.75) is 52.1 Å². The minimum atomic E-state index is -4.19. The number of alkyl halides is 3. The molecule has 0 bridgehead atoms. The summed E-state index contributed by atoms with van der Waals surface area (Å²) in [6.45, 7) is 7.00. The van der Waals surface area contributed by atoms with Gasteiger partial charge in [0.05, 0.1) is 0 Å². The number of allylic oxidation sites excluding steroid dienone is 1. The fourth-order valence-electron chi connectivity index (χ4n) is 0.677. The molecule has 0 saturated heterocycles. The topological polar surface area (TPSA) is 0 Å². The van der Waals surface area contributed by atoms with E-state index in [0.29, 0.717) is 0 Å². The van der Waals surface area contributed by atoms with Gasteiger partial charge in [-0.25, -0.2) is 0 Å². The van der Waals surface area contributed by atoms with Crippen molar-refractivity contribution < 1.29 is 13.2 Å². The summed E-state index contributed by atoms with van der Waals surface area (Å²) in [7, 11) is 0. The summed E-state index contributed by atoms with van der Waals surface area (Å²) in [4.78, 5) is 0. The van der Waals surface area contributed by atoms with E-state index < -0.39 is 6.18 Å². The molecule has 0 aromatic carbocycles. The molecule has 0 rings (SSSR count). The lowest BCUT2D eigenvalue weighted by Crippen LogP contribution is -1.98. The Kier molecular flexibility index (Phi) is 11.1. The Hall–Kier alpha value is -0.470. The monoisotopic (exact) mass is 196 g/mol. The number of unbranched alkanes of at least 4 members (excludes halogenated alkanes) is 4. The van der Waals surface area contributed by atoms with E-state index in [9.17, 15) is 13.2 Å². The van der Waals surface area contributed by atoms with Crippen LogP contribution in [0, 0.1) is 0 Å². The van der Waals surface area contributed by atoms with Crippen molar-refractivity contribution in [2.75, 3.05) is 0 Å². The Morgan fingerprint density at radius 3 is 1.46 bits per heavy atom. The highest BCUT2D eigenvalue weighted by atomic mass is 19.4. The molecule has 13 heavy (non-hydrogen) atoms. The zero-order valence-electron chi connectivity index (χ0n) is 8.45. The summed E-state index contributed by atoms with van der Waals surface area (Å²) in [5.74, 6) is 0. The molecule has 0 saturated carbocycles. The van der Waals surface area contributed by atoms with E-state index in [1.165, 1.54) is 32.1 Å². The second-order valence-electron chi connectivity index (χ2n) is 2.81. The summed E-state index contributed by atoms with van der Waals surface area (Å²) in [5.41, 5.74) is 0. The molecule has 0 nitrogen and oxygen atoms in total. The van der Waals surface area contributed by atoms with Crippen LogP contribution in [0.4, 0.5) is 13.2 Å². The van der Waals surface area contributed by atoms with Gasteiger partial charge in [-0.2, -0.15) is 13.2 Å². The minimum absolute atomic E-state index is 0.0625. The predicted molar refractivity (Wildman–Crippen MR) is 50.7 cm³/mol. The van der Waals surface area contributed by atoms with Gasteiger partial charge in [-0.05, 0) is 0 Å². The first kappa shape index (κ1) is 15.0. The molecule has 0 fully saturated rings. The smallest absolute Gasteiger partial charge is 0.167 e. The van der Waals surface area contributed by atoms with Crippen LogP contribution in [0.1, 0.15) is 46.0 Å². The van der Waals surface area contributed by atoms with Gasteiger partial charge in [0.2, 0.25) is 0 Å². The summed E-state index contributed by atoms with van der Waals surface area (Å²) < 4.78 is 32.0. The molecule has 3 heteroatoms. The third kappa shape index (κ3) is 24.6. The van der Waals surface area contributed by atoms with Crippen molar-refractivity contribution in [1.29, 1.82) is 0 Å². The molecule has 0 aliphatic rings. The van der Waals surface area contributed by atoms with Gasteiger partial charge >= 0.3 is 6.18 Å². The van der Waals surface area contributed by atoms with Crippen LogP contribution < -0.4 is 0 Å². The Balaban J connectivity index is 0. The van der Waals surface area contributed by atoms with Crippen molar-refractivity contribution in [1.82, 2.24) is 0 Å². The van der Waals surface area contributed by atoms with Crippen LogP contribution in [0.5, 0.6) is 0 Å². The summed E-state index contributed by atoms with van der Waals surface area (Å²) in [6.07, 6.45) is 2.75. The van der Waals surface area contributed by atoms with Gasteiger partial charge < -0.3 is 0 Å². The van der Waals surface area contributed by atoms with Gasteiger partial charge in [0.1, 0.15) is 0 Å². The first-order valence-corrected chi connectivity index (χ1v) is 4.68. The average Bonchev–Trinajstić information content (AvgIpc) is 2.06. The molecule has 0 atom stereocenters. The van der Waals surface area contributed by atoms with Crippen molar-refractivity contribution >= 4 is 0 Å². The molecule has 0 aromatic heterocycles. The van der Waals surface area contributed by atoms with E-state index in [0.717, 1.165) is 0 Å². The van der Waals surface area contributed by atoms with E-state index in [2.05, 4.69) is 20.4 Å². The number of hydrogen-bond donors (Lipinski definition) is 0. The highest BCUT2D eigenvalue weighted by Crippen LogP contribution is 2.13. The maximum absolute atomic E-state index is 10.7. The summed E-state index contributed by atoms with van der Waals surface area (Å²) >= 11 is 0. The SMILES string of the molecule is C=CC(F)(F)F.CCCCCCC. The lowest BCUT2D eigenvalue weighted by atomic mass is 10.2. The van der Waals surface area contributed by atoms with Crippen LogP contribution in [-0.4, -0.2) is 6.18 Å². The van der Waals surface area contributed by atoms with Gasteiger partial charge in [0, 0.05) is 6.08 Å². The Morgan fingerprint density at radius 1 is 1.00 bits per heavy atom. The molecule has 0 amide bonds. The fraction of sp³-hybridized carbons (Fsp3) is 0.800. The maximum atomic E-state index is 10.7. The molecule has 0 heterocycles. The molecule has 0 aromatic rings. The molecular weight excluding hydrogens is 177 g/mol. The molecular formula is C10H19F3. The van der Waals surface area contributed by atoms with Gasteiger partial charge in [0.15, 0.2) is 0 Å². The average molecular weight is 196 g/mol. The molecule has 0 aliphatic heterocycles. The summed E-state index contributed by atoms with van der Waals surface area (Å²) in [5, 5.41) is 0. The number of rotatable bonds is 4. The van der Waals surface area contributed by atoms with Crippen molar-refractivity contribution in [2.24, 2.45) is 0 Å². The normalized spacial score (nSPS) is 10.2. The van der Waals surface area contributed by atoms with Crippen LogP contribution in [0.3, 0.4) is 0 Å². The van der Waals surface area contributed by atoms with Crippen LogP contribution in [0.2, 0.25) is 0 Å². The largest absolute Gasteiger partial charge is 0.409 e. The molecule has 0 spiro atoms. The van der Waals surface area contributed by atoms with E-state index in [-0.39, 0.29) is 6.08 Å². The first-order chi connectivity index (χ1) is 5.97. The van der Waals surface area contributed by atoms with Crippen LogP contribution >= 0.6 is 0 Å². The van der Waals surface area contributed by atoms with Crippen LogP contribution in [-0.2, 0) is 0 Å². The molecule has 0 radical (unpaired) electrons. The van der Waals surface area contributed by atoms with Crippen LogP contribution in [0.15, 0.2) is 12.7 Å². The lowest BCUT2D eigenvalue weighted by molar-refractivity contribution is -0.0795. The molecule has 0 N–H and O–H groups in total. The fourth-order valence-corrected chi connectivity index (χ4v) is 0.677. The highest BCUT2D eigenvalue weighted by Gasteiger charge is 2.19. The Labute approximate surface area is 78.8 Å². The third-order valence-corrected chi connectivity index (χ3v) is 1.44. The third-order valence-electron chi connectivity index (χ3n) is 1.44. The Morgan fingerprint density at radius 2 is 1.31 bits per heavy atom. The second kappa shape index (κ2) is 9.62. The molecule has 0 aliphatic carbocycles. The molecule has 0 unspecified atom stereocenters. The van der Waals surface area contributed by atoms with Crippen molar-refractivity contribution in [3.63, 3.8) is 0 Å². The van der Waals surface area contributed by atoms with Gasteiger partial charge in [-0.1, -0.05) is 52.5 Å². The van der Waals surface area contributed by atoms with E-state index in [1.54, 1.807) is 0 Å². The van der Waals surface area contributed by atoms with Gasteiger partial charge in [0.25, 0.3) is 0 Å². The standard InChI is InChI=1S/C7H16.C3H3F3/c1-3-5-7-6-4-2;1-2-3(4,5)6/h3-7H2,1-2H3;2H,1H2. The van der Waals surface area contributed by atoms with Gasteiger partial charge in [-0.3, -0.25) is 0 Å². The highest BCUT2D eigenvalue weighted by molar-refractivity contribution is 4.75. The minimum Gasteiger partial charge on any atom is -0.167 e. The zero-order chi connectivity index (χ0) is 10.7.